The Morgan fingerprint density at radius 3 is 2.69 bits per heavy atom. The van der Waals surface area contributed by atoms with Gasteiger partial charge in [0.25, 0.3) is 0 Å². The van der Waals surface area contributed by atoms with Crippen molar-refractivity contribution < 1.29 is 10.0 Å². The summed E-state index contributed by atoms with van der Waals surface area (Å²) in [7, 11) is 0. The van der Waals surface area contributed by atoms with Crippen LogP contribution in [0.15, 0.2) is 12.5 Å². The molecular weight excluding hydrogens is 174 g/mol. The lowest BCUT2D eigenvalue weighted by atomic mass is 10.2. The Kier molecular flexibility index (Phi) is 2.62. The zero-order valence-electron chi connectivity index (χ0n) is 7.41. The summed E-state index contributed by atoms with van der Waals surface area (Å²) in [6, 6.07) is -0.207. The average molecular weight is 185 g/mol. The summed E-state index contributed by atoms with van der Waals surface area (Å²) in [5.74, 6) is -0.201. The van der Waals surface area contributed by atoms with E-state index in [1.54, 1.807) is 13.8 Å². The molecule has 1 heterocycles. The summed E-state index contributed by atoms with van der Waals surface area (Å²) in [4.78, 5) is 13.3. The average Bonchev–Trinajstić information content (AvgIpc) is 2.50. The fraction of sp³-hybridized carbons (Fsp3) is 0.571. The largest absolute Gasteiger partial charge is 0.391 e. The van der Waals surface area contributed by atoms with Crippen LogP contribution >= 0.6 is 0 Å². The number of nitrogens with zero attached hydrogens (tertiary/aromatic N) is 3. The van der Waals surface area contributed by atoms with Crippen LogP contribution in [0.2, 0.25) is 0 Å². The molecule has 1 aromatic heterocycles. The summed E-state index contributed by atoms with van der Waals surface area (Å²) in [6.07, 6.45) is 2.08. The maximum Gasteiger partial charge on any atom is 0.381 e. The van der Waals surface area contributed by atoms with Crippen molar-refractivity contribution in [3.63, 3.8) is 0 Å². The van der Waals surface area contributed by atoms with Crippen LogP contribution in [-0.4, -0.2) is 25.7 Å². The molecule has 0 radical (unpaired) electrons. The van der Waals surface area contributed by atoms with E-state index >= 15 is 0 Å². The summed E-state index contributed by atoms with van der Waals surface area (Å²) < 4.78 is 1.52. The Morgan fingerprint density at radius 1 is 1.69 bits per heavy atom. The van der Waals surface area contributed by atoms with E-state index in [9.17, 15) is 15.2 Å². The first kappa shape index (κ1) is 9.66. The Labute approximate surface area is 75.0 Å². The third-order valence-corrected chi connectivity index (χ3v) is 1.94. The molecule has 6 nitrogen and oxygen atoms in total. The monoisotopic (exact) mass is 185 g/mol. The Morgan fingerprint density at radius 2 is 2.31 bits per heavy atom. The first-order valence-electron chi connectivity index (χ1n) is 3.88. The molecule has 2 atom stereocenters. The van der Waals surface area contributed by atoms with Crippen molar-refractivity contribution in [2.75, 3.05) is 0 Å². The second-order valence-corrected chi connectivity index (χ2v) is 2.92. The van der Waals surface area contributed by atoms with Crippen LogP contribution in [0.25, 0.3) is 0 Å². The molecule has 0 amide bonds. The molecule has 0 fully saturated rings. The van der Waals surface area contributed by atoms with Crippen molar-refractivity contribution in [3.8, 4) is 0 Å². The zero-order chi connectivity index (χ0) is 10.0. The molecule has 0 aliphatic carbocycles. The van der Waals surface area contributed by atoms with Gasteiger partial charge in [0.1, 0.15) is 6.20 Å². The predicted octanol–water partition coefficient (Wildman–Crippen LogP) is 0.733. The molecule has 13 heavy (non-hydrogen) atoms. The van der Waals surface area contributed by atoms with Gasteiger partial charge in [0, 0.05) is 0 Å². The van der Waals surface area contributed by atoms with Crippen LogP contribution in [0.1, 0.15) is 19.9 Å². The summed E-state index contributed by atoms with van der Waals surface area (Å²) in [5, 5.41) is 19.5. The van der Waals surface area contributed by atoms with Crippen LogP contribution in [0, 0.1) is 10.1 Å². The van der Waals surface area contributed by atoms with Crippen molar-refractivity contribution in [2.24, 2.45) is 0 Å². The lowest BCUT2D eigenvalue weighted by Gasteiger charge is -2.13. The van der Waals surface area contributed by atoms with Gasteiger partial charge in [-0.25, -0.2) is 0 Å². The lowest BCUT2D eigenvalue weighted by Crippen LogP contribution is -2.16. The SMILES string of the molecule is CC(O)C(C)n1cnc([N+](=O)[O-])c1. The highest BCUT2D eigenvalue weighted by Gasteiger charge is 2.16. The molecule has 2 unspecified atom stereocenters. The number of hydrogen-bond donors (Lipinski definition) is 1. The molecule has 72 valence electrons. The van der Waals surface area contributed by atoms with E-state index in [-0.39, 0.29) is 11.9 Å². The van der Waals surface area contributed by atoms with E-state index in [0.29, 0.717) is 0 Å². The zero-order valence-corrected chi connectivity index (χ0v) is 7.41. The van der Waals surface area contributed by atoms with Crippen LogP contribution < -0.4 is 0 Å². The Hall–Kier alpha value is -1.43. The lowest BCUT2D eigenvalue weighted by molar-refractivity contribution is -0.389. The highest BCUT2D eigenvalue weighted by atomic mass is 16.6. The van der Waals surface area contributed by atoms with Crippen LogP contribution in [-0.2, 0) is 0 Å². The molecule has 1 N–H and O–H groups in total. The van der Waals surface area contributed by atoms with E-state index < -0.39 is 11.0 Å². The van der Waals surface area contributed by atoms with Crippen molar-refractivity contribution in [1.82, 2.24) is 9.55 Å². The molecule has 0 aliphatic heterocycles. The minimum absolute atomic E-state index is 0.201. The molecule has 0 aromatic carbocycles. The number of aliphatic hydroxyl groups is 1. The van der Waals surface area contributed by atoms with E-state index in [1.165, 1.54) is 17.1 Å². The Bertz CT molecular complexity index is 308. The van der Waals surface area contributed by atoms with E-state index in [1.807, 2.05) is 0 Å². The minimum atomic E-state index is -0.564. The molecule has 1 rings (SSSR count). The van der Waals surface area contributed by atoms with Crippen LogP contribution in [0.3, 0.4) is 0 Å². The van der Waals surface area contributed by atoms with Gasteiger partial charge >= 0.3 is 5.82 Å². The van der Waals surface area contributed by atoms with Gasteiger partial charge in [-0.3, -0.25) is 0 Å². The predicted molar refractivity (Wildman–Crippen MR) is 45.3 cm³/mol. The first-order valence-corrected chi connectivity index (χ1v) is 3.88. The van der Waals surface area contributed by atoms with Crippen LogP contribution in [0.4, 0.5) is 5.82 Å². The normalized spacial score (nSPS) is 15.3. The van der Waals surface area contributed by atoms with Gasteiger partial charge in [-0.1, -0.05) is 0 Å². The number of nitro groups is 1. The second-order valence-electron chi connectivity index (χ2n) is 2.92. The van der Waals surface area contributed by atoms with Gasteiger partial charge in [0.15, 0.2) is 0 Å². The number of rotatable bonds is 3. The van der Waals surface area contributed by atoms with E-state index in [4.69, 9.17) is 0 Å². The fourth-order valence-corrected chi connectivity index (χ4v) is 0.892. The van der Waals surface area contributed by atoms with Crippen molar-refractivity contribution >= 4 is 5.82 Å². The standard InChI is InChI=1S/C7H11N3O3/c1-5(6(2)11)9-3-7(8-4-9)10(12)13/h3-6,11H,1-2H3. The molecule has 1 aromatic rings. The molecule has 0 spiro atoms. The summed E-state index contributed by atoms with van der Waals surface area (Å²) in [5.41, 5.74) is 0. The molecule has 0 saturated heterocycles. The third-order valence-electron chi connectivity index (χ3n) is 1.94. The van der Waals surface area contributed by atoms with Crippen molar-refractivity contribution in [3.05, 3.63) is 22.6 Å². The number of aromatic nitrogens is 2. The van der Waals surface area contributed by atoms with E-state index in [0.717, 1.165) is 0 Å². The highest BCUT2D eigenvalue weighted by molar-refractivity contribution is 5.13. The van der Waals surface area contributed by atoms with Crippen molar-refractivity contribution in [1.29, 1.82) is 0 Å². The van der Waals surface area contributed by atoms with Gasteiger partial charge in [-0.15, -0.1) is 0 Å². The molecule has 0 aliphatic rings. The van der Waals surface area contributed by atoms with Gasteiger partial charge in [-0.05, 0) is 23.8 Å². The second kappa shape index (κ2) is 3.53. The maximum atomic E-state index is 10.3. The molecule has 0 saturated carbocycles. The molecule has 6 heteroatoms. The number of aliphatic hydroxyl groups excluding tert-OH is 1. The minimum Gasteiger partial charge on any atom is -0.391 e. The van der Waals surface area contributed by atoms with E-state index in [2.05, 4.69) is 4.98 Å². The quantitative estimate of drug-likeness (QED) is 0.556. The number of imidazole rings is 1. The van der Waals surface area contributed by atoms with Gasteiger partial charge in [0.05, 0.1) is 12.1 Å². The van der Waals surface area contributed by atoms with Gasteiger partial charge in [0.2, 0.25) is 6.33 Å². The Balaban J connectivity index is 2.85. The van der Waals surface area contributed by atoms with Gasteiger partial charge < -0.3 is 19.8 Å². The van der Waals surface area contributed by atoms with Crippen LogP contribution in [0.5, 0.6) is 0 Å². The number of hydrogen-bond acceptors (Lipinski definition) is 4. The highest BCUT2D eigenvalue weighted by Crippen LogP contribution is 2.14. The maximum absolute atomic E-state index is 10.3. The molecular formula is C7H11N3O3. The first-order chi connectivity index (χ1) is 6.02. The van der Waals surface area contributed by atoms with Crippen molar-refractivity contribution in [2.45, 2.75) is 26.0 Å². The topological polar surface area (TPSA) is 81.2 Å². The summed E-state index contributed by atoms with van der Waals surface area (Å²) in [6.45, 7) is 3.38. The smallest absolute Gasteiger partial charge is 0.381 e. The third kappa shape index (κ3) is 2.03. The van der Waals surface area contributed by atoms with Gasteiger partial charge in [-0.2, -0.15) is 0 Å². The fourth-order valence-electron chi connectivity index (χ4n) is 0.892. The molecule has 0 bridgehead atoms. The summed E-state index contributed by atoms with van der Waals surface area (Å²) >= 11 is 0.